The van der Waals surface area contributed by atoms with Crippen LogP contribution in [-0.2, 0) is 11.2 Å². The maximum absolute atomic E-state index is 10.3. The van der Waals surface area contributed by atoms with Crippen LogP contribution in [0.5, 0.6) is 0 Å². The second-order valence-corrected chi connectivity index (χ2v) is 3.83. The summed E-state index contributed by atoms with van der Waals surface area (Å²) in [5.41, 5.74) is 0.564. The molecule has 0 saturated carbocycles. The molecule has 0 aromatic carbocycles. The van der Waals surface area contributed by atoms with Crippen LogP contribution in [0.15, 0.2) is 5.38 Å². The van der Waals surface area contributed by atoms with Gasteiger partial charge in [-0.3, -0.25) is 0 Å². The van der Waals surface area contributed by atoms with Crippen molar-refractivity contribution in [1.29, 1.82) is 0 Å². The number of aliphatic carboxylic acids is 1. The summed E-state index contributed by atoms with van der Waals surface area (Å²) in [5.74, 6) is -1.09. The van der Waals surface area contributed by atoms with Crippen LogP contribution in [0.4, 0.5) is 5.13 Å². The predicted octanol–water partition coefficient (Wildman–Crippen LogP) is -2.35. The summed E-state index contributed by atoms with van der Waals surface area (Å²) >= 11 is 1.43. The van der Waals surface area contributed by atoms with Crippen LogP contribution in [-0.4, -0.2) is 17.5 Å². The van der Waals surface area contributed by atoms with Crippen LogP contribution in [0.2, 0.25) is 0 Å². The molecular formula is C9H13KN2O2S. The minimum absolute atomic E-state index is 0. The average Bonchev–Trinajstić information content (AvgIpc) is 2.52. The van der Waals surface area contributed by atoms with E-state index in [4.69, 9.17) is 0 Å². The van der Waals surface area contributed by atoms with Crippen LogP contribution in [0, 0.1) is 0 Å². The van der Waals surface area contributed by atoms with Gasteiger partial charge in [-0.15, -0.1) is 11.3 Å². The Balaban J connectivity index is 0.00000196. The van der Waals surface area contributed by atoms with Crippen LogP contribution in [0.1, 0.15) is 25.5 Å². The Morgan fingerprint density at radius 1 is 1.67 bits per heavy atom. The summed E-state index contributed by atoms with van der Waals surface area (Å²) in [5, 5.41) is 15.9. The van der Waals surface area contributed by atoms with Crippen molar-refractivity contribution in [2.45, 2.75) is 26.2 Å². The summed E-state index contributed by atoms with van der Waals surface area (Å²) in [6.45, 7) is 3.00. The van der Waals surface area contributed by atoms with E-state index >= 15 is 0 Å². The number of rotatable bonds is 6. The maximum atomic E-state index is 10.3. The van der Waals surface area contributed by atoms with Gasteiger partial charge in [-0.25, -0.2) is 4.98 Å². The Kier molecular flexibility index (Phi) is 8.97. The van der Waals surface area contributed by atoms with Crippen LogP contribution in [0.25, 0.3) is 0 Å². The van der Waals surface area contributed by atoms with Crippen molar-refractivity contribution in [2.24, 2.45) is 0 Å². The Morgan fingerprint density at radius 3 is 3.00 bits per heavy atom. The zero-order valence-corrected chi connectivity index (χ0v) is 13.0. The van der Waals surface area contributed by atoms with Crippen molar-refractivity contribution >= 4 is 22.4 Å². The molecule has 0 unspecified atom stereocenters. The average molecular weight is 252 g/mol. The number of nitrogens with zero attached hydrogens (tertiary/aromatic N) is 1. The standard InChI is InChI=1S/C9H14N2O2S.K/c1-2-3-4-10-9-11-7(6-14-9)5-8(12)13;/h6H,2-5H2,1H3,(H,10,11)(H,12,13);/q;+1/p-1. The summed E-state index contributed by atoms with van der Waals surface area (Å²) in [7, 11) is 0. The number of unbranched alkanes of at least 4 members (excludes halogenated alkanes) is 1. The van der Waals surface area contributed by atoms with E-state index in [9.17, 15) is 9.90 Å². The van der Waals surface area contributed by atoms with Gasteiger partial charge in [-0.1, -0.05) is 13.3 Å². The summed E-state index contributed by atoms with van der Waals surface area (Å²) in [4.78, 5) is 14.4. The third kappa shape index (κ3) is 6.65. The maximum Gasteiger partial charge on any atom is 1.00 e. The molecule has 0 atom stereocenters. The number of carbonyl (C=O) groups is 1. The molecule has 4 nitrogen and oxygen atoms in total. The molecule has 1 aromatic rings. The minimum Gasteiger partial charge on any atom is -0.550 e. The molecule has 0 aliphatic carbocycles. The molecule has 0 aliphatic heterocycles. The van der Waals surface area contributed by atoms with E-state index < -0.39 is 5.97 Å². The number of nitrogens with one attached hydrogen (secondary N) is 1. The third-order valence-corrected chi connectivity index (χ3v) is 2.53. The van der Waals surface area contributed by atoms with Crippen LogP contribution < -0.4 is 61.8 Å². The number of carboxylic acids is 1. The van der Waals surface area contributed by atoms with Gasteiger partial charge in [-0.05, 0) is 6.42 Å². The molecule has 1 heterocycles. The van der Waals surface area contributed by atoms with E-state index in [1.165, 1.54) is 11.3 Å². The smallest absolute Gasteiger partial charge is 0.550 e. The van der Waals surface area contributed by atoms with Gasteiger partial charge in [0.2, 0.25) is 0 Å². The minimum atomic E-state index is -1.09. The normalized spacial score (nSPS) is 9.40. The van der Waals surface area contributed by atoms with E-state index in [2.05, 4.69) is 17.2 Å². The number of aromatic nitrogens is 1. The predicted molar refractivity (Wildman–Crippen MR) is 54.2 cm³/mol. The van der Waals surface area contributed by atoms with Gasteiger partial charge in [0, 0.05) is 24.3 Å². The number of carbonyl (C=O) groups excluding carboxylic acids is 1. The van der Waals surface area contributed by atoms with Crippen molar-refractivity contribution in [3.63, 3.8) is 0 Å². The first kappa shape index (κ1) is 15.5. The molecule has 0 radical (unpaired) electrons. The largest absolute Gasteiger partial charge is 1.00 e. The van der Waals surface area contributed by atoms with Gasteiger partial charge >= 0.3 is 51.4 Å². The van der Waals surface area contributed by atoms with Crippen molar-refractivity contribution < 1.29 is 61.3 Å². The van der Waals surface area contributed by atoms with Crippen LogP contribution >= 0.6 is 11.3 Å². The van der Waals surface area contributed by atoms with Gasteiger partial charge < -0.3 is 15.2 Å². The Morgan fingerprint density at radius 2 is 2.40 bits per heavy atom. The second kappa shape index (κ2) is 8.66. The van der Waals surface area contributed by atoms with Gasteiger partial charge in [0.1, 0.15) is 0 Å². The molecule has 0 aliphatic rings. The molecule has 1 N–H and O–H groups in total. The monoisotopic (exact) mass is 252 g/mol. The molecule has 0 fully saturated rings. The topological polar surface area (TPSA) is 65.0 Å². The molecule has 15 heavy (non-hydrogen) atoms. The molecule has 0 saturated heterocycles. The molecule has 78 valence electrons. The SMILES string of the molecule is CCCCNc1nc(CC(=O)[O-])cs1.[K+]. The quantitative estimate of drug-likeness (QED) is 0.455. The summed E-state index contributed by atoms with van der Waals surface area (Å²) < 4.78 is 0. The fraction of sp³-hybridized carbons (Fsp3) is 0.556. The zero-order chi connectivity index (χ0) is 10.4. The first-order valence-corrected chi connectivity index (χ1v) is 5.48. The van der Waals surface area contributed by atoms with E-state index in [-0.39, 0.29) is 57.8 Å². The fourth-order valence-electron chi connectivity index (χ4n) is 0.989. The van der Waals surface area contributed by atoms with E-state index in [0.29, 0.717) is 5.69 Å². The van der Waals surface area contributed by atoms with E-state index in [1.54, 1.807) is 5.38 Å². The van der Waals surface area contributed by atoms with E-state index in [0.717, 1.165) is 24.5 Å². The van der Waals surface area contributed by atoms with Crippen molar-refractivity contribution in [3.8, 4) is 0 Å². The molecule has 0 bridgehead atoms. The fourth-order valence-corrected chi connectivity index (χ4v) is 1.73. The molecule has 1 rings (SSSR count). The van der Waals surface area contributed by atoms with E-state index in [1.807, 2.05) is 0 Å². The second-order valence-electron chi connectivity index (χ2n) is 2.97. The number of hydrogen-bond donors (Lipinski definition) is 1. The van der Waals surface area contributed by atoms with Crippen molar-refractivity contribution in [2.75, 3.05) is 11.9 Å². The Labute approximate surface area is 136 Å². The molecule has 0 spiro atoms. The molecule has 1 aromatic heterocycles. The first-order valence-electron chi connectivity index (χ1n) is 4.60. The van der Waals surface area contributed by atoms with Gasteiger partial charge in [0.15, 0.2) is 5.13 Å². The molecule has 6 heteroatoms. The van der Waals surface area contributed by atoms with Gasteiger partial charge in [-0.2, -0.15) is 0 Å². The summed E-state index contributed by atoms with van der Waals surface area (Å²) in [6.07, 6.45) is 2.12. The number of carboxylic acid groups (broad SMARTS) is 1. The number of hydrogen-bond acceptors (Lipinski definition) is 5. The number of thiazole rings is 1. The number of anilines is 1. The molecular weight excluding hydrogens is 239 g/mol. The van der Waals surface area contributed by atoms with Gasteiger partial charge in [0.05, 0.1) is 5.69 Å². The summed E-state index contributed by atoms with van der Waals surface area (Å²) in [6, 6.07) is 0. The Hall–Kier alpha value is 0.536. The molecule has 0 amide bonds. The van der Waals surface area contributed by atoms with Crippen LogP contribution in [0.3, 0.4) is 0 Å². The van der Waals surface area contributed by atoms with Crippen molar-refractivity contribution in [1.82, 2.24) is 4.98 Å². The van der Waals surface area contributed by atoms with Gasteiger partial charge in [0.25, 0.3) is 0 Å². The van der Waals surface area contributed by atoms with Crippen molar-refractivity contribution in [3.05, 3.63) is 11.1 Å². The first-order chi connectivity index (χ1) is 6.72. The zero-order valence-electron chi connectivity index (χ0n) is 9.08. The third-order valence-electron chi connectivity index (χ3n) is 1.68. The Bertz CT molecular complexity index is 304.